The number of benzene rings is 1. The highest BCUT2D eigenvalue weighted by Crippen LogP contribution is 2.12. The zero-order valence-corrected chi connectivity index (χ0v) is 16.2. The largest absolute Gasteiger partial charge is 0.497 e. The van der Waals surface area contributed by atoms with E-state index in [1.807, 2.05) is 0 Å². The summed E-state index contributed by atoms with van der Waals surface area (Å²) in [4.78, 5) is 47.2. The van der Waals surface area contributed by atoms with Gasteiger partial charge in [0.1, 0.15) is 17.8 Å². The van der Waals surface area contributed by atoms with Crippen molar-refractivity contribution in [2.75, 3.05) is 21.3 Å². The Morgan fingerprint density at radius 2 is 1.64 bits per heavy atom. The third-order valence-corrected chi connectivity index (χ3v) is 3.70. The molecule has 9 heteroatoms. The molecule has 0 spiro atoms. The van der Waals surface area contributed by atoms with Crippen LogP contribution in [0.4, 0.5) is 0 Å². The molecule has 28 heavy (non-hydrogen) atoms. The van der Waals surface area contributed by atoms with E-state index in [0.717, 1.165) is 19.8 Å². The van der Waals surface area contributed by atoms with Crippen molar-refractivity contribution in [2.45, 2.75) is 25.4 Å². The highest BCUT2D eigenvalue weighted by atomic mass is 16.5. The maximum Gasteiger partial charge on any atom is 0.328 e. The van der Waals surface area contributed by atoms with Gasteiger partial charge in [-0.15, -0.1) is 0 Å². The van der Waals surface area contributed by atoms with Gasteiger partial charge in [0.15, 0.2) is 0 Å². The second-order valence-corrected chi connectivity index (χ2v) is 5.70. The van der Waals surface area contributed by atoms with E-state index >= 15 is 0 Å². The normalized spacial score (nSPS) is 12.6. The molecule has 1 aromatic carbocycles. The topological polar surface area (TPSA) is 120 Å². The van der Waals surface area contributed by atoms with Gasteiger partial charge < -0.3 is 24.8 Å². The number of carbonyl (C=O) groups excluding carboxylic acids is 4. The van der Waals surface area contributed by atoms with E-state index in [-0.39, 0.29) is 6.42 Å². The molecule has 1 aromatic rings. The summed E-state index contributed by atoms with van der Waals surface area (Å²) in [6.45, 7) is 1.45. The van der Waals surface area contributed by atoms with Gasteiger partial charge in [-0.25, -0.2) is 4.79 Å². The highest BCUT2D eigenvalue weighted by Gasteiger charge is 2.27. The van der Waals surface area contributed by atoms with E-state index in [1.165, 1.54) is 13.0 Å². The summed E-state index contributed by atoms with van der Waals surface area (Å²) in [7, 11) is 3.85. The Balaban J connectivity index is 2.62. The molecule has 0 radical (unpaired) electrons. The van der Waals surface area contributed by atoms with Gasteiger partial charge in [-0.05, 0) is 30.7 Å². The van der Waals surface area contributed by atoms with Gasteiger partial charge in [0.2, 0.25) is 11.8 Å². The van der Waals surface area contributed by atoms with Crippen molar-refractivity contribution >= 4 is 29.8 Å². The Bertz CT molecular complexity index is 728. The van der Waals surface area contributed by atoms with E-state index < -0.39 is 35.8 Å². The van der Waals surface area contributed by atoms with E-state index in [2.05, 4.69) is 20.1 Å². The van der Waals surface area contributed by atoms with Gasteiger partial charge in [0.25, 0.3) is 0 Å². The second-order valence-electron chi connectivity index (χ2n) is 5.70. The molecular formula is C19H24N2O7. The number of nitrogens with one attached hydrogen (secondary N) is 2. The summed E-state index contributed by atoms with van der Waals surface area (Å²) < 4.78 is 14.1. The summed E-state index contributed by atoms with van der Waals surface area (Å²) in [5.74, 6) is -1.93. The Kier molecular flexibility index (Phi) is 9.21. The minimum atomic E-state index is -1.21. The van der Waals surface area contributed by atoms with Crippen molar-refractivity contribution in [3.63, 3.8) is 0 Å². The molecule has 2 amide bonds. The maximum absolute atomic E-state index is 12.2. The molecule has 0 heterocycles. The Labute approximate surface area is 163 Å². The van der Waals surface area contributed by atoms with E-state index in [9.17, 15) is 19.2 Å². The first-order valence-electron chi connectivity index (χ1n) is 8.38. The van der Waals surface area contributed by atoms with Gasteiger partial charge in [-0.1, -0.05) is 12.1 Å². The maximum atomic E-state index is 12.2. The average molecular weight is 392 g/mol. The highest BCUT2D eigenvalue weighted by molar-refractivity contribution is 5.96. The van der Waals surface area contributed by atoms with Gasteiger partial charge in [0, 0.05) is 6.08 Å². The molecule has 2 atom stereocenters. The molecule has 0 saturated heterocycles. The number of methoxy groups -OCH3 is 3. The fraction of sp³-hybridized carbons (Fsp3) is 0.368. The fourth-order valence-corrected chi connectivity index (χ4v) is 2.10. The number of esters is 2. The van der Waals surface area contributed by atoms with Crippen LogP contribution in [0.3, 0.4) is 0 Å². The first-order valence-corrected chi connectivity index (χ1v) is 8.38. The third kappa shape index (κ3) is 7.48. The second kappa shape index (κ2) is 11.4. The summed E-state index contributed by atoms with van der Waals surface area (Å²) >= 11 is 0. The first kappa shape index (κ1) is 22.7. The van der Waals surface area contributed by atoms with E-state index in [1.54, 1.807) is 37.5 Å². The Hall–Kier alpha value is -3.36. The predicted molar refractivity (Wildman–Crippen MR) is 100 cm³/mol. The number of rotatable bonds is 9. The van der Waals surface area contributed by atoms with Crippen molar-refractivity contribution in [3.8, 4) is 5.75 Å². The lowest BCUT2D eigenvalue weighted by Crippen LogP contribution is -2.51. The lowest BCUT2D eigenvalue weighted by atomic mass is 10.2. The van der Waals surface area contributed by atoms with Gasteiger partial charge in [0.05, 0.1) is 27.8 Å². The minimum absolute atomic E-state index is 0.382. The molecule has 0 aromatic heterocycles. The van der Waals surface area contributed by atoms with Crippen molar-refractivity contribution < 1.29 is 33.4 Å². The Morgan fingerprint density at radius 3 is 2.18 bits per heavy atom. The van der Waals surface area contributed by atoms with Gasteiger partial charge in [-0.2, -0.15) is 0 Å². The molecule has 0 bridgehead atoms. The van der Waals surface area contributed by atoms with Crippen molar-refractivity contribution in [1.82, 2.24) is 10.6 Å². The molecule has 1 rings (SSSR count). The van der Waals surface area contributed by atoms with E-state index in [4.69, 9.17) is 4.74 Å². The minimum Gasteiger partial charge on any atom is -0.497 e. The standard InChI is InChI=1S/C19H24N2O7/c1-12(18(24)21-15(19(25)28-4)11-17(23)27-3)20-16(22)10-7-13-5-8-14(26-2)9-6-13/h5-10,12,15H,11H2,1-4H3,(H,20,22)(H,21,24)/b10-7-/t12-,15-/m0/s1. The van der Waals surface area contributed by atoms with Crippen LogP contribution in [0.1, 0.15) is 18.9 Å². The summed E-state index contributed by atoms with van der Waals surface area (Å²) in [6, 6.07) is 4.89. The Morgan fingerprint density at radius 1 is 1.00 bits per heavy atom. The molecule has 152 valence electrons. The van der Waals surface area contributed by atoms with Crippen LogP contribution < -0.4 is 15.4 Å². The van der Waals surface area contributed by atoms with Crippen molar-refractivity contribution in [3.05, 3.63) is 35.9 Å². The molecule has 0 saturated carbocycles. The molecule has 0 aliphatic carbocycles. The summed E-state index contributed by atoms with van der Waals surface area (Å²) in [6.07, 6.45) is 2.47. The summed E-state index contributed by atoms with van der Waals surface area (Å²) in [5.41, 5.74) is 0.775. The van der Waals surface area contributed by atoms with Gasteiger partial charge >= 0.3 is 11.9 Å². The van der Waals surface area contributed by atoms with Crippen molar-refractivity contribution in [2.24, 2.45) is 0 Å². The summed E-state index contributed by atoms with van der Waals surface area (Å²) in [5, 5.41) is 4.83. The third-order valence-electron chi connectivity index (χ3n) is 3.70. The van der Waals surface area contributed by atoms with Crippen LogP contribution in [-0.4, -0.2) is 57.2 Å². The molecule has 0 fully saturated rings. The van der Waals surface area contributed by atoms with Gasteiger partial charge in [-0.3, -0.25) is 14.4 Å². The van der Waals surface area contributed by atoms with Crippen LogP contribution in [-0.2, 0) is 28.7 Å². The predicted octanol–water partition coefficient (Wildman–Crippen LogP) is 0.434. The van der Waals surface area contributed by atoms with Crippen LogP contribution >= 0.6 is 0 Å². The lowest BCUT2D eigenvalue weighted by Gasteiger charge is -2.18. The van der Waals surface area contributed by atoms with Crippen LogP contribution in [0.15, 0.2) is 30.3 Å². The monoisotopic (exact) mass is 392 g/mol. The zero-order valence-electron chi connectivity index (χ0n) is 16.2. The molecular weight excluding hydrogens is 368 g/mol. The smallest absolute Gasteiger partial charge is 0.328 e. The molecule has 0 unspecified atom stereocenters. The number of hydrogen-bond donors (Lipinski definition) is 2. The SMILES string of the molecule is COC(=O)C[C@H](NC(=O)[C@H](C)NC(=O)/C=C\c1ccc(OC)cc1)C(=O)OC. The van der Waals surface area contributed by atoms with Crippen LogP contribution in [0.5, 0.6) is 5.75 Å². The first-order chi connectivity index (χ1) is 13.3. The van der Waals surface area contributed by atoms with Crippen LogP contribution in [0, 0.1) is 0 Å². The lowest BCUT2D eigenvalue weighted by molar-refractivity contribution is -0.150. The molecule has 0 aliphatic heterocycles. The number of ether oxygens (including phenoxy) is 3. The van der Waals surface area contributed by atoms with Crippen molar-refractivity contribution in [1.29, 1.82) is 0 Å². The zero-order chi connectivity index (χ0) is 21.1. The molecule has 0 aliphatic rings. The molecule has 2 N–H and O–H groups in total. The van der Waals surface area contributed by atoms with Crippen LogP contribution in [0.25, 0.3) is 6.08 Å². The average Bonchev–Trinajstić information content (AvgIpc) is 2.71. The fourth-order valence-electron chi connectivity index (χ4n) is 2.10. The molecule has 9 nitrogen and oxygen atoms in total. The number of carbonyl (C=O) groups is 4. The van der Waals surface area contributed by atoms with E-state index in [0.29, 0.717) is 5.75 Å². The number of hydrogen-bond acceptors (Lipinski definition) is 7. The van der Waals surface area contributed by atoms with Crippen LogP contribution in [0.2, 0.25) is 0 Å². The quantitative estimate of drug-likeness (QED) is 0.462. The number of amides is 2.